The smallest absolute Gasteiger partial charge is 0.317 e. The van der Waals surface area contributed by atoms with E-state index < -0.39 is 0 Å². The average Bonchev–Trinajstić information content (AvgIpc) is 2.56. The molecule has 6 nitrogen and oxygen atoms in total. The van der Waals surface area contributed by atoms with Gasteiger partial charge in [-0.3, -0.25) is 4.90 Å². The van der Waals surface area contributed by atoms with Gasteiger partial charge in [0.05, 0.1) is 19.2 Å². The minimum Gasteiger partial charge on any atom is -0.383 e. The summed E-state index contributed by atoms with van der Waals surface area (Å²) in [6, 6.07) is 12.0. The first-order valence-electron chi connectivity index (χ1n) is 7.44. The van der Waals surface area contributed by atoms with Crippen molar-refractivity contribution in [2.45, 2.75) is 12.6 Å². The Hall–Kier alpha value is -2.10. The molecule has 1 unspecified atom stereocenters. The Balaban J connectivity index is 1.88. The molecule has 6 heteroatoms. The number of methoxy groups -OCH3 is 1. The average molecular weight is 302 g/mol. The molecule has 1 N–H and O–H groups in total. The molecule has 1 aliphatic rings. The topological polar surface area (TPSA) is 68.6 Å². The lowest BCUT2D eigenvalue weighted by Crippen LogP contribution is -2.56. The van der Waals surface area contributed by atoms with Crippen LogP contribution in [0.2, 0.25) is 0 Å². The first-order valence-corrected chi connectivity index (χ1v) is 7.44. The van der Waals surface area contributed by atoms with Crippen LogP contribution in [-0.4, -0.2) is 61.8 Å². The van der Waals surface area contributed by atoms with Crippen molar-refractivity contribution >= 4 is 6.03 Å². The summed E-state index contributed by atoms with van der Waals surface area (Å²) in [5, 5.41) is 12.2. The molecule has 1 aromatic rings. The Labute approximate surface area is 131 Å². The molecule has 0 spiro atoms. The van der Waals surface area contributed by atoms with E-state index in [9.17, 15) is 10.1 Å². The molecule has 0 aliphatic carbocycles. The normalized spacial score (nSPS) is 18.7. The fourth-order valence-corrected chi connectivity index (χ4v) is 2.51. The molecule has 0 radical (unpaired) electrons. The van der Waals surface area contributed by atoms with Gasteiger partial charge in [-0.25, -0.2) is 4.79 Å². The summed E-state index contributed by atoms with van der Waals surface area (Å²) >= 11 is 0. The monoisotopic (exact) mass is 302 g/mol. The van der Waals surface area contributed by atoms with Gasteiger partial charge < -0.3 is 15.0 Å². The van der Waals surface area contributed by atoms with Crippen LogP contribution in [0.1, 0.15) is 5.56 Å². The summed E-state index contributed by atoms with van der Waals surface area (Å²) < 4.78 is 4.91. The summed E-state index contributed by atoms with van der Waals surface area (Å²) in [7, 11) is 1.60. The van der Waals surface area contributed by atoms with Gasteiger partial charge in [-0.1, -0.05) is 30.3 Å². The predicted molar refractivity (Wildman–Crippen MR) is 83.1 cm³/mol. The van der Waals surface area contributed by atoms with Crippen molar-refractivity contribution in [3.8, 4) is 6.07 Å². The second-order valence-corrected chi connectivity index (χ2v) is 5.27. The number of amides is 2. The van der Waals surface area contributed by atoms with E-state index in [0.29, 0.717) is 32.8 Å². The molecule has 0 saturated carbocycles. The third-order valence-corrected chi connectivity index (χ3v) is 3.74. The van der Waals surface area contributed by atoms with Crippen molar-refractivity contribution < 1.29 is 9.53 Å². The van der Waals surface area contributed by atoms with Crippen molar-refractivity contribution in [1.82, 2.24) is 15.1 Å². The molecule has 1 fully saturated rings. The van der Waals surface area contributed by atoms with E-state index in [1.54, 1.807) is 12.0 Å². The number of carbonyl (C=O) groups excluding carboxylic acids is 1. The molecule has 1 saturated heterocycles. The number of hydrogen-bond donors (Lipinski definition) is 1. The zero-order chi connectivity index (χ0) is 15.8. The van der Waals surface area contributed by atoms with E-state index >= 15 is 0 Å². The molecule has 1 aromatic carbocycles. The Morgan fingerprint density at radius 3 is 2.86 bits per heavy atom. The minimum atomic E-state index is -0.276. The van der Waals surface area contributed by atoms with Gasteiger partial charge in [-0.15, -0.1) is 0 Å². The van der Waals surface area contributed by atoms with Gasteiger partial charge >= 0.3 is 6.03 Å². The number of urea groups is 1. The van der Waals surface area contributed by atoms with Crippen molar-refractivity contribution in [2.75, 3.05) is 39.9 Å². The highest BCUT2D eigenvalue weighted by Crippen LogP contribution is 2.13. The summed E-state index contributed by atoms with van der Waals surface area (Å²) in [6.45, 7) is 3.47. The molecule has 2 amide bonds. The van der Waals surface area contributed by atoms with E-state index in [-0.39, 0.29) is 12.1 Å². The lowest BCUT2D eigenvalue weighted by Gasteiger charge is -2.38. The molecule has 118 valence electrons. The van der Waals surface area contributed by atoms with Crippen molar-refractivity contribution in [3.63, 3.8) is 0 Å². The van der Waals surface area contributed by atoms with E-state index in [1.807, 2.05) is 18.2 Å². The largest absolute Gasteiger partial charge is 0.383 e. The molecule has 0 bridgehead atoms. The van der Waals surface area contributed by atoms with Crippen LogP contribution in [0.4, 0.5) is 4.79 Å². The lowest BCUT2D eigenvalue weighted by molar-refractivity contribution is 0.107. The van der Waals surface area contributed by atoms with Crippen LogP contribution < -0.4 is 5.32 Å². The molecular weight excluding hydrogens is 280 g/mol. The van der Waals surface area contributed by atoms with Gasteiger partial charge in [0, 0.05) is 33.3 Å². The quantitative estimate of drug-likeness (QED) is 0.826. The summed E-state index contributed by atoms with van der Waals surface area (Å²) in [5.74, 6) is 0. The van der Waals surface area contributed by atoms with Crippen molar-refractivity contribution in [3.05, 3.63) is 35.9 Å². The highest BCUT2D eigenvalue weighted by atomic mass is 16.5. The fourth-order valence-electron chi connectivity index (χ4n) is 2.51. The van der Waals surface area contributed by atoms with E-state index in [4.69, 9.17) is 4.74 Å². The number of nitrogens with zero attached hydrogens (tertiary/aromatic N) is 3. The molecule has 22 heavy (non-hydrogen) atoms. The Bertz CT molecular complexity index is 515. The number of benzene rings is 1. The highest BCUT2D eigenvalue weighted by molar-refractivity contribution is 5.74. The van der Waals surface area contributed by atoms with Gasteiger partial charge in [0.2, 0.25) is 0 Å². The molecule has 1 atom stereocenters. The zero-order valence-electron chi connectivity index (χ0n) is 12.9. The highest BCUT2D eigenvalue weighted by Gasteiger charge is 2.29. The zero-order valence-corrected chi connectivity index (χ0v) is 12.9. The number of nitrogens with one attached hydrogen (secondary N) is 1. The Morgan fingerprint density at radius 2 is 2.18 bits per heavy atom. The third kappa shape index (κ3) is 4.45. The Kier molecular flexibility index (Phi) is 6.19. The van der Waals surface area contributed by atoms with Gasteiger partial charge in [0.1, 0.15) is 6.04 Å². The van der Waals surface area contributed by atoms with Gasteiger partial charge in [-0.05, 0) is 5.56 Å². The molecular formula is C16H22N4O2. The van der Waals surface area contributed by atoms with Gasteiger partial charge in [0.15, 0.2) is 0 Å². The number of hydrogen-bond acceptors (Lipinski definition) is 4. The maximum Gasteiger partial charge on any atom is 0.317 e. The number of piperazine rings is 1. The fraction of sp³-hybridized carbons (Fsp3) is 0.500. The maximum atomic E-state index is 12.0. The maximum absolute atomic E-state index is 12.0. The van der Waals surface area contributed by atoms with Crippen molar-refractivity contribution in [1.29, 1.82) is 5.26 Å². The number of rotatable bonds is 5. The van der Waals surface area contributed by atoms with Crippen molar-refractivity contribution in [2.24, 2.45) is 0 Å². The summed E-state index contributed by atoms with van der Waals surface area (Å²) in [6.07, 6.45) is 0. The summed E-state index contributed by atoms with van der Waals surface area (Å²) in [4.78, 5) is 15.8. The minimum absolute atomic E-state index is 0.128. The van der Waals surface area contributed by atoms with Crippen LogP contribution in [-0.2, 0) is 11.3 Å². The standard InChI is InChI=1S/C16H22N4O2/c1-22-10-7-18-16(21)20-9-8-19(15(11-17)13-20)12-14-5-3-2-4-6-14/h2-6,15H,7-10,12-13H2,1H3,(H,18,21). The van der Waals surface area contributed by atoms with E-state index in [0.717, 1.165) is 6.54 Å². The number of nitriles is 1. The number of carbonyl (C=O) groups is 1. The second kappa shape index (κ2) is 8.37. The molecule has 0 aromatic heterocycles. The van der Waals surface area contributed by atoms with E-state index in [2.05, 4.69) is 28.4 Å². The Morgan fingerprint density at radius 1 is 1.41 bits per heavy atom. The first-order chi connectivity index (χ1) is 10.7. The van der Waals surface area contributed by atoms with Gasteiger partial charge in [0.25, 0.3) is 0 Å². The van der Waals surface area contributed by atoms with Crippen LogP contribution in [0.5, 0.6) is 0 Å². The van der Waals surface area contributed by atoms with Gasteiger partial charge in [-0.2, -0.15) is 5.26 Å². The molecule has 1 aliphatic heterocycles. The second-order valence-electron chi connectivity index (χ2n) is 5.27. The van der Waals surface area contributed by atoms with Crippen LogP contribution in [0, 0.1) is 11.3 Å². The van der Waals surface area contributed by atoms with E-state index in [1.165, 1.54) is 5.56 Å². The van der Waals surface area contributed by atoms with Crippen LogP contribution >= 0.6 is 0 Å². The SMILES string of the molecule is COCCNC(=O)N1CCN(Cc2ccccc2)C(C#N)C1. The first kappa shape index (κ1) is 16.3. The third-order valence-electron chi connectivity index (χ3n) is 3.74. The van der Waals surface area contributed by atoms with Crippen LogP contribution in [0.25, 0.3) is 0 Å². The lowest BCUT2D eigenvalue weighted by atomic mass is 10.1. The van der Waals surface area contributed by atoms with Crippen LogP contribution in [0.15, 0.2) is 30.3 Å². The molecule has 1 heterocycles. The number of ether oxygens (including phenoxy) is 1. The molecule has 2 rings (SSSR count). The summed E-state index contributed by atoms with van der Waals surface area (Å²) in [5.41, 5.74) is 1.18. The predicted octanol–water partition coefficient (Wildman–Crippen LogP) is 1.05. The van der Waals surface area contributed by atoms with Crippen LogP contribution in [0.3, 0.4) is 0 Å².